The van der Waals surface area contributed by atoms with Crippen molar-refractivity contribution in [2.75, 3.05) is 29.6 Å². The highest BCUT2D eigenvalue weighted by molar-refractivity contribution is 7.80. The molecule has 2 heterocycles. The molecule has 0 unspecified atom stereocenters. The van der Waals surface area contributed by atoms with Gasteiger partial charge in [0.1, 0.15) is 0 Å². The summed E-state index contributed by atoms with van der Waals surface area (Å²) in [6.07, 6.45) is 3.57. The van der Waals surface area contributed by atoms with Crippen LogP contribution < -0.4 is 15.5 Å². The van der Waals surface area contributed by atoms with Gasteiger partial charge in [-0.3, -0.25) is 9.97 Å². The monoisotopic (exact) mass is 373 g/mol. The Morgan fingerprint density at radius 2 is 1.59 bits per heavy atom. The van der Waals surface area contributed by atoms with Crippen molar-refractivity contribution in [3.63, 3.8) is 0 Å². The fourth-order valence-electron chi connectivity index (χ4n) is 3.03. The van der Waals surface area contributed by atoms with Gasteiger partial charge in [-0.15, -0.1) is 0 Å². The number of thiocarbonyl (C=S) groups is 1. The number of anilines is 3. The van der Waals surface area contributed by atoms with Gasteiger partial charge in [-0.05, 0) is 54.7 Å². The molecule has 4 rings (SSSR count). The van der Waals surface area contributed by atoms with Gasteiger partial charge in [0.15, 0.2) is 5.11 Å². The van der Waals surface area contributed by atoms with Crippen molar-refractivity contribution in [3.05, 3.63) is 67.0 Å². The average Bonchev–Trinajstić information content (AvgIpc) is 2.68. The standard InChI is InChI=1S/C21H19N5S/c1-26(2)15-9-7-14(8-10-15)24-21(27)25-19-13-18-16(5-3-11-22-18)17-6-4-12-23-20(17)19/h3-13H,1-2H3,(H2,24,25,27). The van der Waals surface area contributed by atoms with Crippen molar-refractivity contribution >= 4 is 56.2 Å². The van der Waals surface area contributed by atoms with Crippen LogP contribution in [0.4, 0.5) is 17.1 Å². The van der Waals surface area contributed by atoms with Gasteiger partial charge in [0.2, 0.25) is 0 Å². The van der Waals surface area contributed by atoms with Crippen LogP contribution in [-0.2, 0) is 0 Å². The first-order chi connectivity index (χ1) is 13.1. The van der Waals surface area contributed by atoms with Crippen LogP contribution in [0.25, 0.3) is 21.8 Å². The molecule has 27 heavy (non-hydrogen) atoms. The summed E-state index contributed by atoms with van der Waals surface area (Å²) in [7, 11) is 4.03. The molecule has 0 saturated heterocycles. The zero-order chi connectivity index (χ0) is 18.8. The molecule has 4 aromatic rings. The van der Waals surface area contributed by atoms with E-state index in [4.69, 9.17) is 12.2 Å². The maximum absolute atomic E-state index is 5.51. The van der Waals surface area contributed by atoms with Crippen LogP contribution in [0.15, 0.2) is 67.0 Å². The van der Waals surface area contributed by atoms with E-state index in [-0.39, 0.29) is 0 Å². The molecule has 0 saturated carbocycles. The molecule has 0 aliphatic rings. The maximum Gasteiger partial charge on any atom is 0.175 e. The number of rotatable bonds is 3. The van der Waals surface area contributed by atoms with Gasteiger partial charge in [-0.25, -0.2) is 0 Å². The van der Waals surface area contributed by atoms with Crippen LogP contribution >= 0.6 is 12.2 Å². The molecule has 5 nitrogen and oxygen atoms in total. The van der Waals surface area contributed by atoms with Crippen LogP contribution in [0.2, 0.25) is 0 Å². The van der Waals surface area contributed by atoms with Crippen molar-refractivity contribution in [1.29, 1.82) is 0 Å². The minimum absolute atomic E-state index is 0.509. The lowest BCUT2D eigenvalue weighted by molar-refractivity contribution is 1.13. The van der Waals surface area contributed by atoms with E-state index in [0.29, 0.717) is 5.11 Å². The topological polar surface area (TPSA) is 53.1 Å². The normalized spacial score (nSPS) is 10.7. The number of nitrogens with zero attached hydrogens (tertiary/aromatic N) is 3. The van der Waals surface area contributed by atoms with Gasteiger partial charge in [0, 0.05) is 48.6 Å². The lowest BCUT2D eigenvalue weighted by Crippen LogP contribution is -2.19. The van der Waals surface area contributed by atoms with Crippen LogP contribution in [0.3, 0.4) is 0 Å². The Balaban J connectivity index is 1.63. The minimum Gasteiger partial charge on any atom is -0.378 e. The molecule has 0 bridgehead atoms. The first-order valence-corrected chi connectivity index (χ1v) is 9.00. The molecule has 0 radical (unpaired) electrons. The quantitative estimate of drug-likeness (QED) is 0.402. The largest absolute Gasteiger partial charge is 0.378 e. The Hall–Kier alpha value is -3.25. The molecular weight excluding hydrogens is 354 g/mol. The summed E-state index contributed by atoms with van der Waals surface area (Å²) in [6, 6.07) is 18.0. The summed E-state index contributed by atoms with van der Waals surface area (Å²) in [5.41, 5.74) is 4.66. The predicted octanol–water partition coefficient (Wildman–Crippen LogP) is 4.66. The highest BCUT2D eigenvalue weighted by Crippen LogP contribution is 2.29. The third-order valence-corrected chi connectivity index (χ3v) is 4.57. The van der Waals surface area contributed by atoms with Crippen molar-refractivity contribution in [1.82, 2.24) is 9.97 Å². The SMILES string of the molecule is CN(C)c1ccc(NC(=S)Nc2cc3ncccc3c3cccnc23)cc1. The number of nitrogens with one attached hydrogen (secondary N) is 2. The molecule has 0 fully saturated rings. The van der Waals surface area contributed by atoms with E-state index in [0.717, 1.165) is 38.9 Å². The first-order valence-electron chi connectivity index (χ1n) is 8.60. The third-order valence-electron chi connectivity index (χ3n) is 4.36. The fraction of sp³-hybridized carbons (Fsp3) is 0.0952. The number of hydrogen-bond donors (Lipinski definition) is 2. The van der Waals surface area contributed by atoms with Gasteiger partial charge >= 0.3 is 0 Å². The Morgan fingerprint density at radius 3 is 2.33 bits per heavy atom. The molecule has 0 atom stereocenters. The van der Waals surface area contributed by atoms with Crippen LogP contribution in [0.1, 0.15) is 0 Å². The van der Waals surface area contributed by atoms with Gasteiger partial charge < -0.3 is 15.5 Å². The molecule has 0 spiro atoms. The summed E-state index contributed by atoms with van der Waals surface area (Å²) >= 11 is 5.51. The highest BCUT2D eigenvalue weighted by atomic mass is 32.1. The molecule has 134 valence electrons. The fourth-order valence-corrected chi connectivity index (χ4v) is 3.25. The Bertz CT molecular complexity index is 1120. The first kappa shape index (κ1) is 17.2. The van der Waals surface area contributed by atoms with Gasteiger partial charge in [0.05, 0.1) is 16.7 Å². The molecule has 2 aromatic carbocycles. The molecule has 0 aliphatic carbocycles. The number of pyridine rings is 2. The Labute approximate surface area is 163 Å². The number of aromatic nitrogens is 2. The lowest BCUT2D eigenvalue weighted by atomic mass is 10.1. The third kappa shape index (κ3) is 3.52. The number of benzene rings is 2. The van der Waals surface area contributed by atoms with Gasteiger partial charge in [-0.2, -0.15) is 0 Å². The van der Waals surface area contributed by atoms with E-state index in [1.165, 1.54) is 0 Å². The molecule has 6 heteroatoms. The van der Waals surface area contributed by atoms with E-state index >= 15 is 0 Å². The van der Waals surface area contributed by atoms with Crippen LogP contribution in [-0.4, -0.2) is 29.2 Å². The summed E-state index contributed by atoms with van der Waals surface area (Å²) in [6.45, 7) is 0. The van der Waals surface area contributed by atoms with Crippen molar-refractivity contribution in [3.8, 4) is 0 Å². The number of hydrogen-bond acceptors (Lipinski definition) is 4. The molecule has 0 amide bonds. The Kier molecular flexibility index (Phi) is 4.56. The molecular formula is C21H19N5S. The van der Waals surface area contributed by atoms with E-state index < -0.39 is 0 Å². The second kappa shape index (κ2) is 7.17. The van der Waals surface area contributed by atoms with Crippen LogP contribution in [0, 0.1) is 0 Å². The minimum atomic E-state index is 0.509. The van der Waals surface area contributed by atoms with Crippen molar-refractivity contribution < 1.29 is 0 Å². The van der Waals surface area contributed by atoms with Gasteiger partial charge in [0.25, 0.3) is 0 Å². The zero-order valence-electron chi connectivity index (χ0n) is 15.1. The summed E-state index contributed by atoms with van der Waals surface area (Å²) in [4.78, 5) is 11.1. The maximum atomic E-state index is 5.51. The summed E-state index contributed by atoms with van der Waals surface area (Å²) < 4.78 is 0. The van der Waals surface area contributed by atoms with E-state index in [2.05, 4.69) is 31.6 Å². The molecule has 0 aliphatic heterocycles. The second-order valence-corrected chi connectivity index (χ2v) is 6.82. The van der Waals surface area contributed by atoms with E-state index in [1.54, 1.807) is 12.4 Å². The molecule has 2 aromatic heterocycles. The average molecular weight is 373 g/mol. The van der Waals surface area contributed by atoms with E-state index in [9.17, 15) is 0 Å². The van der Waals surface area contributed by atoms with Crippen LogP contribution in [0.5, 0.6) is 0 Å². The second-order valence-electron chi connectivity index (χ2n) is 6.41. The summed E-state index contributed by atoms with van der Waals surface area (Å²) in [5, 5.41) is 9.12. The number of fused-ring (bicyclic) bond motifs is 3. The smallest absolute Gasteiger partial charge is 0.175 e. The summed E-state index contributed by atoms with van der Waals surface area (Å²) in [5.74, 6) is 0. The molecule has 2 N–H and O–H groups in total. The lowest BCUT2D eigenvalue weighted by Gasteiger charge is -2.15. The van der Waals surface area contributed by atoms with E-state index in [1.807, 2.05) is 62.6 Å². The zero-order valence-corrected chi connectivity index (χ0v) is 15.9. The predicted molar refractivity (Wildman–Crippen MR) is 118 cm³/mol. The Morgan fingerprint density at radius 1 is 0.889 bits per heavy atom. The van der Waals surface area contributed by atoms with Crippen molar-refractivity contribution in [2.45, 2.75) is 0 Å². The van der Waals surface area contributed by atoms with Crippen molar-refractivity contribution in [2.24, 2.45) is 0 Å². The van der Waals surface area contributed by atoms with Gasteiger partial charge in [-0.1, -0.05) is 12.1 Å². The highest BCUT2D eigenvalue weighted by Gasteiger charge is 2.09.